The van der Waals surface area contributed by atoms with Gasteiger partial charge in [-0.2, -0.15) is 0 Å². The molecule has 0 aromatic heterocycles. The molecule has 0 bridgehead atoms. The summed E-state index contributed by atoms with van der Waals surface area (Å²) in [5.41, 5.74) is 0.685. The molecule has 34 heavy (non-hydrogen) atoms. The Balaban J connectivity index is 1.49. The van der Waals surface area contributed by atoms with E-state index in [1.165, 1.54) is 49.5 Å². The molecule has 0 unspecified atom stereocenters. The van der Waals surface area contributed by atoms with Gasteiger partial charge in [-0.05, 0) is 68.3 Å². The number of carbonyl (C=O) groups excluding carboxylic acids is 4. The molecular weight excluding hydrogens is 432 g/mol. The average Bonchev–Trinajstić information content (AvgIpc) is 2.84. The fourth-order valence-corrected chi connectivity index (χ4v) is 5.99. The van der Waals surface area contributed by atoms with E-state index in [9.17, 15) is 24.3 Å². The first-order valence-electron chi connectivity index (χ1n) is 12.9. The minimum Gasteiger partial charge on any atom is -0.395 e. The van der Waals surface area contributed by atoms with Gasteiger partial charge in [0.25, 0.3) is 0 Å². The Labute approximate surface area is 203 Å². The first kappa shape index (κ1) is 26.3. The highest BCUT2D eigenvalue weighted by Gasteiger charge is 2.31. The van der Waals surface area contributed by atoms with E-state index in [-0.39, 0.29) is 32.0 Å². The highest BCUT2D eigenvalue weighted by Crippen LogP contribution is 2.41. The van der Waals surface area contributed by atoms with Crippen LogP contribution in [0.1, 0.15) is 71.1 Å². The van der Waals surface area contributed by atoms with Gasteiger partial charge in [-0.25, -0.2) is 0 Å². The van der Waals surface area contributed by atoms with Gasteiger partial charge < -0.3 is 20.1 Å². The zero-order chi connectivity index (χ0) is 24.5. The lowest BCUT2D eigenvalue weighted by Gasteiger charge is -2.37. The molecule has 3 aliphatic carbocycles. The van der Waals surface area contributed by atoms with E-state index in [1.54, 1.807) is 6.08 Å². The van der Waals surface area contributed by atoms with Crippen LogP contribution >= 0.6 is 0 Å². The zero-order valence-electron chi connectivity index (χ0n) is 20.4. The van der Waals surface area contributed by atoms with Crippen molar-refractivity contribution < 1.29 is 24.3 Å². The maximum atomic E-state index is 12.8. The molecule has 0 spiro atoms. The van der Waals surface area contributed by atoms with E-state index in [0.717, 1.165) is 30.6 Å². The number of aliphatic hydroxyl groups is 1. The molecule has 0 radical (unpaired) electrons. The Morgan fingerprint density at radius 2 is 1.71 bits per heavy atom. The zero-order valence-corrected chi connectivity index (χ0v) is 20.4. The fourth-order valence-electron chi connectivity index (χ4n) is 5.99. The summed E-state index contributed by atoms with van der Waals surface area (Å²) >= 11 is 0. The molecule has 0 heterocycles. The number of carbonyl (C=O) groups is 4. The van der Waals surface area contributed by atoms with E-state index in [2.05, 4.69) is 12.2 Å². The van der Waals surface area contributed by atoms with Crippen molar-refractivity contribution in [3.8, 4) is 0 Å². The average molecular weight is 473 g/mol. The summed E-state index contributed by atoms with van der Waals surface area (Å²) in [5.74, 6) is 2.50. The van der Waals surface area contributed by atoms with Crippen LogP contribution in [0.3, 0.4) is 0 Å². The second-order valence-corrected chi connectivity index (χ2v) is 10.5. The van der Waals surface area contributed by atoms with Crippen LogP contribution in [0.2, 0.25) is 0 Å². The van der Waals surface area contributed by atoms with Crippen LogP contribution in [0.4, 0.5) is 0 Å². The number of hydrogen-bond acceptors (Lipinski definition) is 5. The summed E-state index contributed by atoms with van der Waals surface area (Å²) in [7, 11) is 0. The Morgan fingerprint density at radius 1 is 1.06 bits per heavy atom. The van der Waals surface area contributed by atoms with Gasteiger partial charge in [0.1, 0.15) is 12.6 Å². The van der Waals surface area contributed by atoms with Crippen molar-refractivity contribution in [2.75, 3.05) is 19.7 Å². The van der Waals surface area contributed by atoms with Gasteiger partial charge in [0.15, 0.2) is 0 Å². The molecule has 2 fully saturated rings. The summed E-state index contributed by atoms with van der Waals surface area (Å²) in [4.78, 5) is 49.2. The monoisotopic (exact) mass is 472 g/mol. The Hall–Kier alpha value is -2.28. The van der Waals surface area contributed by atoms with Gasteiger partial charge in [-0.3, -0.25) is 14.4 Å². The van der Waals surface area contributed by atoms with Crippen LogP contribution in [0.15, 0.2) is 23.3 Å². The van der Waals surface area contributed by atoms with Gasteiger partial charge in [-0.15, -0.1) is 0 Å². The Kier molecular flexibility index (Phi) is 10.1. The smallest absolute Gasteiger partial charge is 0.250 e. The van der Waals surface area contributed by atoms with Crippen LogP contribution in [0, 0.1) is 23.7 Å². The Morgan fingerprint density at radius 3 is 2.29 bits per heavy atom. The predicted molar refractivity (Wildman–Crippen MR) is 130 cm³/mol. The maximum absolute atomic E-state index is 12.8. The number of aliphatic hydroxyl groups excluding tert-OH is 1. The van der Waals surface area contributed by atoms with E-state index < -0.39 is 11.9 Å². The van der Waals surface area contributed by atoms with Crippen LogP contribution in [-0.4, -0.2) is 60.1 Å². The SMILES string of the molecule is CC1CCC(C2CCC(CC(=O)N[C@@H]3C=C(C=O)C=C(C(=O)N(CC=O)CCO)C3)CC2)CC1. The lowest BCUT2D eigenvalue weighted by atomic mass is 9.69. The summed E-state index contributed by atoms with van der Waals surface area (Å²) in [6, 6.07) is -0.440. The van der Waals surface area contributed by atoms with Crippen molar-refractivity contribution in [1.82, 2.24) is 10.2 Å². The predicted octanol–water partition coefficient (Wildman–Crippen LogP) is 2.97. The molecule has 2 saturated carbocycles. The van der Waals surface area contributed by atoms with E-state index >= 15 is 0 Å². The molecule has 7 heteroatoms. The number of aldehydes is 2. The quantitative estimate of drug-likeness (QED) is 0.476. The topological polar surface area (TPSA) is 104 Å². The van der Waals surface area contributed by atoms with E-state index in [0.29, 0.717) is 36.1 Å². The normalized spacial score (nSPS) is 29.4. The summed E-state index contributed by atoms with van der Waals surface area (Å²) < 4.78 is 0. The first-order valence-corrected chi connectivity index (χ1v) is 12.9. The highest BCUT2D eigenvalue weighted by molar-refractivity contribution is 5.97. The molecule has 188 valence electrons. The van der Waals surface area contributed by atoms with Crippen molar-refractivity contribution in [2.45, 2.75) is 77.2 Å². The van der Waals surface area contributed by atoms with Crippen LogP contribution in [0.25, 0.3) is 0 Å². The molecule has 2 N–H and O–H groups in total. The van der Waals surface area contributed by atoms with Crippen molar-refractivity contribution in [2.24, 2.45) is 23.7 Å². The number of hydrogen-bond donors (Lipinski definition) is 2. The number of nitrogens with zero attached hydrogens (tertiary/aromatic N) is 1. The van der Waals surface area contributed by atoms with Gasteiger partial charge in [-0.1, -0.05) is 25.8 Å². The number of nitrogens with one attached hydrogen (secondary N) is 1. The largest absolute Gasteiger partial charge is 0.395 e. The molecule has 0 aromatic carbocycles. The molecular formula is C27H40N2O5. The number of allylic oxidation sites excluding steroid dienone is 2. The lowest BCUT2D eigenvalue weighted by molar-refractivity contribution is -0.130. The second kappa shape index (κ2) is 13.0. The fraction of sp³-hybridized carbons (Fsp3) is 0.704. The molecule has 3 aliphatic rings. The van der Waals surface area contributed by atoms with E-state index in [1.807, 2.05) is 0 Å². The summed E-state index contributed by atoms with van der Waals surface area (Å²) in [5, 5.41) is 12.2. The van der Waals surface area contributed by atoms with Crippen molar-refractivity contribution in [1.29, 1.82) is 0 Å². The van der Waals surface area contributed by atoms with Crippen LogP contribution in [-0.2, 0) is 19.2 Å². The third-order valence-corrected chi connectivity index (χ3v) is 7.98. The molecule has 0 aromatic rings. The lowest BCUT2D eigenvalue weighted by Crippen LogP contribution is -2.41. The van der Waals surface area contributed by atoms with Crippen LogP contribution < -0.4 is 5.32 Å². The number of amides is 2. The molecule has 1 atom stereocenters. The van der Waals surface area contributed by atoms with Gasteiger partial charge >= 0.3 is 0 Å². The minimum absolute atomic E-state index is 0.0363. The van der Waals surface area contributed by atoms with Crippen molar-refractivity contribution in [3.05, 3.63) is 23.3 Å². The third kappa shape index (κ3) is 7.36. The molecule has 3 rings (SSSR count). The molecule has 0 saturated heterocycles. The standard InChI is InChI=1S/C27H40N2O5/c1-19-2-6-22(7-3-19)23-8-4-20(5-9-23)16-26(33)28-25-15-21(18-32)14-24(17-25)27(34)29(10-12-30)11-13-31/h12,14-15,18-20,22-23,25,31H,2-11,13,16-17H2,1H3,(H,28,33)/t19?,20?,22?,23?,25-/m1/s1. The molecule has 2 amide bonds. The number of rotatable bonds is 10. The Bertz CT molecular complexity index is 789. The molecule has 7 nitrogen and oxygen atoms in total. The maximum Gasteiger partial charge on any atom is 0.250 e. The van der Waals surface area contributed by atoms with Gasteiger partial charge in [0.2, 0.25) is 11.8 Å². The first-order chi connectivity index (χ1) is 16.4. The van der Waals surface area contributed by atoms with Crippen molar-refractivity contribution in [3.63, 3.8) is 0 Å². The minimum atomic E-state index is -0.440. The summed E-state index contributed by atoms with van der Waals surface area (Å²) in [6.07, 6.45) is 15.2. The van der Waals surface area contributed by atoms with Crippen molar-refractivity contribution >= 4 is 24.4 Å². The van der Waals surface area contributed by atoms with Gasteiger partial charge in [0, 0.05) is 30.5 Å². The van der Waals surface area contributed by atoms with Crippen LogP contribution in [0.5, 0.6) is 0 Å². The molecule has 0 aliphatic heterocycles. The highest BCUT2D eigenvalue weighted by atomic mass is 16.3. The van der Waals surface area contributed by atoms with E-state index in [4.69, 9.17) is 0 Å². The third-order valence-electron chi connectivity index (χ3n) is 7.98. The van der Waals surface area contributed by atoms with Gasteiger partial charge in [0.05, 0.1) is 19.2 Å². The second-order valence-electron chi connectivity index (χ2n) is 10.5. The summed E-state index contributed by atoms with van der Waals surface area (Å²) in [6.45, 7) is 2.01.